The fourth-order valence-corrected chi connectivity index (χ4v) is 3.12. The molecule has 1 heterocycles. The van der Waals surface area contributed by atoms with E-state index >= 15 is 0 Å². The fourth-order valence-electron chi connectivity index (χ4n) is 3.12. The van der Waals surface area contributed by atoms with E-state index < -0.39 is 17.4 Å². The second-order valence-corrected chi connectivity index (χ2v) is 5.95. The first kappa shape index (κ1) is 15.3. The molecule has 0 bridgehead atoms. The summed E-state index contributed by atoms with van der Waals surface area (Å²) in [5, 5.41) is 15.9. The minimum absolute atomic E-state index is 0.0710. The Bertz CT molecular complexity index is 702. The lowest BCUT2D eigenvalue weighted by Gasteiger charge is -2.27. The Morgan fingerprint density at radius 3 is 2.57 bits per heavy atom. The predicted octanol–water partition coefficient (Wildman–Crippen LogP) is 2.86. The molecule has 1 saturated carbocycles. The molecule has 2 N–H and O–H groups in total. The first-order valence-electron chi connectivity index (χ1n) is 7.64. The Labute approximate surface area is 133 Å². The van der Waals surface area contributed by atoms with Gasteiger partial charge in [0, 0.05) is 11.6 Å². The van der Waals surface area contributed by atoms with Crippen LogP contribution in [0.15, 0.2) is 40.9 Å². The molecule has 0 saturated heterocycles. The van der Waals surface area contributed by atoms with Crippen LogP contribution in [0.2, 0.25) is 0 Å². The number of nitrogens with zero attached hydrogens (tertiary/aromatic N) is 1. The molecule has 0 spiro atoms. The van der Waals surface area contributed by atoms with Crippen LogP contribution in [0.1, 0.15) is 42.7 Å². The summed E-state index contributed by atoms with van der Waals surface area (Å²) in [5.74, 6) is -1.22. The van der Waals surface area contributed by atoms with Gasteiger partial charge in [0.05, 0.1) is 12.0 Å². The van der Waals surface area contributed by atoms with Gasteiger partial charge in [0.1, 0.15) is 5.69 Å². The third-order valence-electron chi connectivity index (χ3n) is 4.23. The number of rotatable bonds is 5. The van der Waals surface area contributed by atoms with E-state index in [4.69, 9.17) is 9.63 Å². The first-order valence-corrected chi connectivity index (χ1v) is 7.64. The second kappa shape index (κ2) is 6.24. The van der Waals surface area contributed by atoms with Gasteiger partial charge in [0.25, 0.3) is 5.91 Å². The summed E-state index contributed by atoms with van der Waals surface area (Å²) in [7, 11) is 0. The highest BCUT2D eigenvalue weighted by atomic mass is 16.5. The van der Waals surface area contributed by atoms with E-state index in [0.717, 1.165) is 18.4 Å². The van der Waals surface area contributed by atoms with E-state index in [9.17, 15) is 9.59 Å². The van der Waals surface area contributed by atoms with Crippen LogP contribution in [0.3, 0.4) is 0 Å². The summed E-state index contributed by atoms with van der Waals surface area (Å²) < 4.78 is 5.13. The quantitative estimate of drug-likeness (QED) is 0.885. The van der Waals surface area contributed by atoms with Crippen LogP contribution in [0, 0.1) is 0 Å². The molecule has 1 aromatic heterocycles. The van der Waals surface area contributed by atoms with Crippen molar-refractivity contribution in [2.24, 2.45) is 0 Å². The van der Waals surface area contributed by atoms with Crippen molar-refractivity contribution < 1.29 is 19.2 Å². The molecule has 1 amide bonds. The Kier molecular flexibility index (Phi) is 4.14. The second-order valence-electron chi connectivity index (χ2n) is 5.95. The first-order chi connectivity index (χ1) is 11.1. The summed E-state index contributed by atoms with van der Waals surface area (Å²) in [4.78, 5) is 23.5. The molecule has 1 aliphatic rings. The fraction of sp³-hybridized carbons (Fsp3) is 0.353. The summed E-state index contributed by atoms with van der Waals surface area (Å²) >= 11 is 0. The van der Waals surface area contributed by atoms with E-state index in [1.54, 1.807) is 6.07 Å². The predicted molar refractivity (Wildman–Crippen MR) is 82.9 cm³/mol. The van der Waals surface area contributed by atoms with E-state index in [2.05, 4.69) is 10.5 Å². The van der Waals surface area contributed by atoms with Gasteiger partial charge < -0.3 is 14.9 Å². The van der Waals surface area contributed by atoms with Crippen molar-refractivity contribution in [2.45, 2.75) is 37.6 Å². The number of hydrogen-bond acceptors (Lipinski definition) is 4. The third kappa shape index (κ3) is 3.41. The van der Waals surface area contributed by atoms with E-state index in [-0.39, 0.29) is 12.2 Å². The lowest BCUT2D eigenvalue weighted by atomic mass is 9.93. The van der Waals surface area contributed by atoms with Gasteiger partial charge in [-0.25, -0.2) is 0 Å². The zero-order chi connectivity index (χ0) is 16.3. The summed E-state index contributed by atoms with van der Waals surface area (Å²) in [6.45, 7) is 0. The minimum Gasteiger partial charge on any atom is -0.481 e. The zero-order valence-electron chi connectivity index (χ0n) is 12.6. The minimum atomic E-state index is -0.908. The summed E-state index contributed by atoms with van der Waals surface area (Å²) in [6, 6.07) is 11.0. The number of aromatic nitrogens is 1. The molecule has 1 aliphatic carbocycles. The molecule has 120 valence electrons. The van der Waals surface area contributed by atoms with Gasteiger partial charge >= 0.3 is 5.97 Å². The molecule has 2 aromatic rings. The van der Waals surface area contributed by atoms with Gasteiger partial charge in [-0.05, 0) is 12.8 Å². The molecule has 1 fully saturated rings. The van der Waals surface area contributed by atoms with Crippen molar-refractivity contribution in [3.63, 3.8) is 0 Å². The highest BCUT2D eigenvalue weighted by Crippen LogP contribution is 2.33. The Balaban J connectivity index is 1.76. The molecular weight excluding hydrogens is 296 g/mol. The zero-order valence-corrected chi connectivity index (χ0v) is 12.6. The summed E-state index contributed by atoms with van der Waals surface area (Å²) in [5.41, 5.74) is 0.758. The van der Waals surface area contributed by atoms with Crippen LogP contribution in [-0.4, -0.2) is 27.7 Å². The topological polar surface area (TPSA) is 92.4 Å². The molecule has 1 aromatic carbocycles. The average Bonchev–Trinajstić information content (AvgIpc) is 3.17. The molecule has 3 rings (SSSR count). The number of carbonyl (C=O) groups excluding carboxylic acids is 1. The van der Waals surface area contributed by atoms with Gasteiger partial charge in [0.2, 0.25) is 5.76 Å². The Morgan fingerprint density at radius 1 is 1.22 bits per heavy atom. The molecule has 0 atom stereocenters. The van der Waals surface area contributed by atoms with Gasteiger partial charge in [-0.3, -0.25) is 9.59 Å². The number of benzene rings is 1. The van der Waals surface area contributed by atoms with Gasteiger partial charge in [-0.1, -0.05) is 48.3 Å². The van der Waals surface area contributed by atoms with Crippen LogP contribution >= 0.6 is 0 Å². The van der Waals surface area contributed by atoms with Crippen molar-refractivity contribution in [3.05, 3.63) is 42.2 Å². The van der Waals surface area contributed by atoms with Crippen molar-refractivity contribution in [3.8, 4) is 11.3 Å². The number of amides is 1. The lowest BCUT2D eigenvalue weighted by Crippen LogP contribution is -2.47. The molecule has 0 radical (unpaired) electrons. The monoisotopic (exact) mass is 314 g/mol. The SMILES string of the molecule is O=C(O)CC1(NC(=O)c2cc(-c3ccccc3)no2)CCCC1. The van der Waals surface area contributed by atoms with Crippen molar-refractivity contribution in [1.82, 2.24) is 10.5 Å². The normalized spacial score (nSPS) is 16.2. The van der Waals surface area contributed by atoms with Gasteiger partial charge in [-0.2, -0.15) is 0 Å². The van der Waals surface area contributed by atoms with E-state index in [0.29, 0.717) is 18.5 Å². The lowest BCUT2D eigenvalue weighted by molar-refractivity contribution is -0.138. The van der Waals surface area contributed by atoms with Crippen LogP contribution in [0.25, 0.3) is 11.3 Å². The van der Waals surface area contributed by atoms with Crippen molar-refractivity contribution in [1.29, 1.82) is 0 Å². The molecule has 6 nitrogen and oxygen atoms in total. The number of carboxylic acid groups (broad SMARTS) is 1. The Morgan fingerprint density at radius 2 is 1.91 bits per heavy atom. The molecule has 6 heteroatoms. The third-order valence-corrected chi connectivity index (χ3v) is 4.23. The van der Waals surface area contributed by atoms with Crippen LogP contribution < -0.4 is 5.32 Å². The van der Waals surface area contributed by atoms with Crippen molar-refractivity contribution in [2.75, 3.05) is 0 Å². The standard InChI is InChI=1S/C17H18N2O4/c20-15(21)11-17(8-4-5-9-17)18-16(22)14-10-13(19-23-14)12-6-2-1-3-7-12/h1-3,6-7,10H,4-5,8-9,11H2,(H,18,22)(H,20,21). The smallest absolute Gasteiger partial charge is 0.305 e. The average molecular weight is 314 g/mol. The molecule has 23 heavy (non-hydrogen) atoms. The number of aliphatic carboxylic acids is 1. The molecule has 0 unspecified atom stereocenters. The molecular formula is C17H18N2O4. The van der Waals surface area contributed by atoms with Crippen LogP contribution in [0.4, 0.5) is 0 Å². The van der Waals surface area contributed by atoms with Crippen LogP contribution in [-0.2, 0) is 4.79 Å². The number of hydrogen-bond donors (Lipinski definition) is 2. The highest BCUT2D eigenvalue weighted by Gasteiger charge is 2.38. The molecule has 0 aliphatic heterocycles. The maximum atomic E-state index is 12.4. The Hall–Kier alpha value is -2.63. The van der Waals surface area contributed by atoms with E-state index in [1.807, 2.05) is 30.3 Å². The van der Waals surface area contributed by atoms with E-state index in [1.165, 1.54) is 0 Å². The van der Waals surface area contributed by atoms with Gasteiger partial charge in [-0.15, -0.1) is 0 Å². The largest absolute Gasteiger partial charge is 0.481 e. The van der Waals surface area contributed by atoms with Crippen molar-refractivity contribution >= 4 is 11.9 Å². The van der Waals surface area contributed by atoms with Gasteiger partial charge in [0.15, 0.2) is 0 Å². The maximum absolute atomic E-state index is 12.4. The number of carbonyl (C=O) groups is 2. The maximum Gasteiger partial charge on any atom is 0.305 e. The van der Waals surface area contributed by atoms with Crippen LogP contribution in [0.5, 0.6) is 0 Å². The summed E-state index contributed by atoms with van der Waals surface area (Å²) in [6.07, 6.45) is 3.10. The number of nitrogens with one attached hydrogen (secondary N) is 1. The highest BCUT2D eigenvalue weighted by molar-refractivity contribution is 5.93. The number of carboxylic acids is 1.